The first-order chi connectivity index (χ1) is 13.9. The number of fused-ring (bicyclic) bond motifs is 1. The van der Waals surface area contributed by atoms with Gasteiger partial charge in [0.2, 0.25) is 0 Å². The lowest BCUT2D eigenvalue weighted by molar-refractivity contribution is 0.0698. The minimum atomic E-state index is -1.09. The summed E-state index contributed by atoms with van der Waals surface area (Å²) in [7, 11) is 3.98. The van der Waals surface area contributed by atoms with Crippen LogP contribution in [0.3, 0.4) is 0 Å². The van der Waals surface area contributed by atoms with E-state index in [1.807, 2.05) is 14.1 Å². The van der Waals surface area contributed by atoms with Gasteiger partial charge in [0.05, 0.1) is 5.56 Å². The molecule has 0 radical (unpaired) electrons. The number of phenolic OH excluding ortho intramolecular Hbond substituents is 1. The van der Waals surface area contributed by atoms with E-state index in [2.05, 4.69) is 15.2 Å². The van der Waals surface area contributed by atoms with Crippen molar-refractivity contribution in [1.29, 1.82) is 0 Å². The highest BCUT2D eigenvalue weighted by molar-refractivity contribution is 6.05. The summed E-state index contributed by atoms with van der Waals surface area (Å²) < 4.78 is 0. The van der Waals surface area contributed by atoms with Crippen LogP contribution in [-0.2, 0) is 0 Å². The number of carboxylic acids is 1. The number of nitrogens with zero attached hydrogens (tertiary/aromatic N) is 2. The normalized spacial score (nSPS) is 11.0. The Balaban J connectivity index is 1.81. The Bertz CT molecular complexity index is 1050. The predicted octanol–water partition coefficient (Wildman–Crippen LogP) is 2.99. The molecule has 150 valence electrons. The molecule has 0 aliphatic carbocycles. The minimum absolute atomic E-state index is 0.0703. The Hall–Kier alpha value is -3.45. The van der Waals surface area contributed by atoms with Crippen molar-refractivity contribution in [1.82, 2.24) is 15.2 Å². The topological polar surface area (TPSA) is 103 Å². The largest absolute Gasteiger partial charge is 0.506 e. The summed E-state index contributed by atoms with van der Waals surface area (Å²) in [6, 6.07) is 11.4. The molecule has 29 heavy (non-hydrogen) atoms. The molecule has 0 saturated carbocycles. The number of amides is 1. The van der Waals surface area contributed by atoms with Gasteiger partial charge in [0.25, 0.3) is 5.91 Å². The number of hydrogen-bond acceptors (Lipinski definition) is 5. The van der Waals surface area contributed by atoms with Crippen molar-refractivity contribution in [2.24, 2.45) is 0 Å². The molecule has 3 rings (SSSR count). The number of carboxylic acid groups (broad SMARTS) is 1. The smallest absolute Gasteiger partial charge is 0.336 e. The van der Waals surface area contributed by atoms with E-state index in [0.717, 1.165) is 18.5 Å². The molecule has 0 fully saturated rings. The number of aromatic hydroxyl groups is 1. The molecule has 1 amide bonds. The summed E-state index contributed by atoms with van der Waals surface area (Å²) in [5, 5.41) is 22.6. The SMILES string of the molecule is CN(C)CCCNC(=O)c1ccc(-c2cnc3c(O)ccc(C(=O)O)c3c2)cc1. The van der Waals surface area contributed by atoms with Gasteiger partial charge in [0.1, 0.15) is 11.3 Å². The third-order valence-corrected chi connectivity index (χ3v) is 4.61. The van der Waals surface area contributed by atoms with Crippen molar-refractivity contribution in [2.45, 2.75) is 6.42 Å². The van der Waals surface area contributed by atoms with Crippen LogP contribution in [0.4, 0.5) is 0 Å². The molecule has 2 aromatic carbocycles. The van der Waals surface area contributed by atoms with Crippen LogP contribution in [-0.4, -0.2) is 59.2 Å². The summed E-state index contributed by atoms with van der Waals surface area (Å²) >= 11 is 0. The molecular weight excluding hydrogens is 370 g/mol. The van der Waals surface area contributed by atoms with Gasteiger partial charge in [-0.1, -0.05) is 12.1 Å². The fraction of sp³-hybridized carbons (Fsp3) is 0.227. The molecule has 3 aromatic rings. The van der Waals surface area contributed by atoms with E-state index >= 15 is 0 Å². The van der Waals surface area contributed by atoms with E-state index in [9.17, 15) is 19.8 Å². The fourth-order valence-corrected chi connectivity index (χ4v) is 3.06. The van der Waals surface area contributed by atoms with Gasteiger partial charge < -0.3 is 20.4 Å². The monoisotopic (exact) mass is 393 g/mol. The molecule has 1 aromatic heterocycles. The second-order valence-corrected chi connectivity index (χ2v) is 7.05. The lowest BCUT2D eigenvalue weighted by atomic mass is 10.0. The van der Waals surface area contributed by atoms with Crippen molar-refractivity contribution in [3.8, 4) is 16.9 Å². The molecule has 0 atom stereocenters. The molecule has 7 heteroatoms. The third-order valence-electron chi connectivity index (χ3n) is 4.61. The van der Waals surface area contributed by atoms with Crippen LogP contribution in [0.1, 0.15) is 27.1 Å². The average molecular weight is 393 g/mol. The molecule has 7 nitrogen and oxygen atoms in total. The quantitative estimate of drug-likeness (QED) is 0.533. The van der Waals surface area contributed by atoms with Crippen LogP contribution in [0.5, 0.6) is 5.75 Å². The Kier molecular flexibility index (Phi) is 6.09. The average Bonchev–Trinajstić information content (AvgIpc) is 2.70. The van der Waals surface area contributed by atoms with Crippen LogP contribution >= 0.6 is 0 Å². The second-order valence-electron chi connectivity index (χ2n) is 7.05. The zero-order chi connectivity index (χ0) is 21.0. The molecule has 0 spiro atoms. The molecule has 1 heterocycles. The van der Waals surface area contributed by atoms with E-state index in [4.69, 9.17) is 0 Å². The van der Waals surface area contributed by atoms with Crippen LogP contribution in [0.25, 0.3) is 22.0 Å². The Labute approximate surface area is 168 Å². The van der Waals surface area contributed by atoms with E-state index in [1.165, 1.54) is 12.1 Å². The van der Waals surface area contributed by atoms with E-state index in [-0.39, 0.29) is 22.7 Å². The lowest BCUT2D eigenvalue weighted by Gasteiger charge is -2.10. The van der Waals surface area contributed by atoms with Crippen molar-refractivity contribution in [3.63, 3.8) is 0 Å². The highest BCUT2D eigenvalue weighted by Crippen LogP contribution is 2.30. The van der Waals surface area contributed by atoms with Gasteiger partial charge in [-0.2, -0.15) is 0 Å². The summed E-state index contributed by atoms with van der Waals surface area (Å²) in [5.74, 6) is -1.29. The standard InChI is InChI=1S/C22H23N3O4/c1-25(2)11-3-10-23-21(27)15-6-4-14(5-7-15)16-12-18-17(22(28)29)8-9-19(26)20(18)24-13-16/h4-9,12-13,26H,3,10-11H2,1-2H3,(H,23,27)(H,28,29). The Morgan fingerprint density at radius 2 is 1.79 bits per heavy atom. The summed E-state index contributed by atoms with van der Waals surface area (Å²) in [5.41, 5.74) is 2.35. The number of rotatable bonds is 7. The highest BCUT2D eigenvalue weighted by atomic mass is 16.4. The lowest BCUT2D eigenvalue weighted by Crippen LogP contribution is -2.27. The fourth-order valence-electron chi connectivity index (χ4n) is 3.06. The number of hydrogen-bond donors (Lipinski definition) is 3. The zero-order valence-electron chi connectivity index (χ0n) is 16.3. The van der Waals surface area contributed by atoms with Gasteiger partial charge in [-0.3, -0.25) is 9.78 Å². The first-order valence-electron chi connectivity index (χ1n) is 9.25. The number of carbonyl (C=O) groups is 2. The van der Waals surface area contributed by atoms with Gasteiger partial charge in [0.15, 0.2) is 0 Å². The van der Waals surface area contributed by atoms with Gasteiger partial charge in [-0.05, 0) is 63.0 Å². The zero-order valence-corrected chi connectivity index (χ0v) is 16.3. The molecular formula is C22H23N3O4. The van der Waals surface area contributed by atoms with Crippen LogP contribution in [0.15, 0.2) is 48.7 Å². The van der Waals surface area contributed by atoms with Crippen molar-refractivity contribution in [2.75, 3.05) is 27.2 Å². The first kappa shape index (κ1) is 20.3. The molecule has 0 aliphatic rings. The van der Waals surface area contributed by atoms with Gasteiger partial charge in [-0.15, -0.1) is 0 Å². The summed E-state index contributed by atoms with van der Waals surface area (Å²) in [6.45, 7) is 1.51. The molecule has 0 saturated heterocycles. The van der Waals surface area contributed by atoms with Gasteiger partial charge in [-0.25, -0.2) is 4.79 Å². The Morgan fingerprint density at radius 1 is 1.07 bits per heavy atom. The molecule has 0 bridgehead atoms. The summed E-state index contributed by atoms with van der Waals surface area (Å²) in [4.78, 5) is 30.0. The van der Waals surface area contributed by atoms with Gasteiger partial charge in [0, 0.05) is 29.3 Å². The molecule has 3 N–H and O–H groups in total. The first-order valence-corrected chi connectivity index (χ1v) is 9.25. The highest BCUT2D eigenvalue weighted by Gasteiger charge is 2.14. The van der Waals surface area contributed by atoms with E-state index < -0.39 is 5.97 Å². The number of phenols is 1. The van der Waals surface area contributed by atoms with Crippen molar-refractivity contribution < 1.29 is 19.8 Å². The molecule has 0 aliphatic heterocycles. The number of pyridine rings is 1. The van der Waals surface area contributed by atoms with Crippen LogP contribution in [0, 0.1) is 0 Å². The van der Waals surface area contributed by atoms with E-state index in [0.29, 0.717) is 23.1 Å². The molecule has 0 unspecified atom stereocenters. The minimum Gasteiger partial charge on any atom is -0.506 e. The van der Waals surface area contributed by atoms with E-state index in [1.54, 1.807) is 36.5 Å². The summed E-state index contributed by atoms with van der Waals surface area (Å²) in [6.07, 6.45) is 2.45. The number of nitrogens with one attached hydrogen (secondary N) is 1. The van der Waals surface area contributed by atoms with Crippen LogP contribution < -0.4 is 5.32 Å². The maximum absolute atomic E-state index is 12.2. The number of aromatic carboxylic acids is 1. The van der Waals surface area contributed by atoms with Crippen LogP contribution in [0.2, 0.25) is 0 Å². The number of carbonyl (C=O) groups excluding carboxylic acids is 1. The maximum atomic E-state index is 12.2. The second kappa shape index (κ2) is 8.70. The van der Waals surface area contributed by atoms with Crippen molar-refractivity contribution >= 4 is 22.8 Å². The number of benzene rings is 2. The predicted molar refractivity (Wildman–Crippen MR) is 111 cm³/mol. The third kappa shape index (κ3) is 4.70. The van der Waals surface area contributed by atoms with Crippen molar-refractivity contribution in [3.05, 3.63) is 59.8 Å². The Morgan fingerprint density at radius 3 is 2.45 bits per heavy atom. The number of aromatic nitrogens is 1. The van der Waals surface area contributed by atoms with Gasteiger partial charge >= 0.3 is 5.97 Å². The maximum Gasteiger partial charge on any atom is 0.336 e.